The molecule has 0 unspecified atom stereocenters. The first-order chi connectivity index (χ1) is 12.5. The second-order valence-electron chi connectivity index (χ2n) is 5.60. The predicted octanol–water partition coefficient (Wildman–Crippen LogP) is 3.42. The van der Waals surface area contributed by atoms with E-state index < -0.39 is 24.1 Å². The highest BCUT2D eigenvalue weighted by molar-refractivity contribution is 5.96. The van der Waals surface area contributed by atoms with Crippen molar-refractivity contribution in [1.29, 1.82) is 0 Å². The lowest BCUT2D eigenvalue weighted by Crippen LogP contribution is -2.36. The molecule has 0 saturated carbocycles. The molecule has 0 spiro atoms. The molecule has 0 aliphatic rings. The van der Waals surface area contributed by atoms with Gasteiger partial charge in [0.05, 0.1) is 12.8 Å². The molecule has 0 bridgehead atoms. The second kappa shape index (κ2) is 9.46. The number of hydrogen-bond acceptors (Lipinski definition) is 5. The van der Waals surface area contributed by atoms with Crippen LogP contribution < -0.4 is 14.8 Å². The second-order valence-corrected chi connectivity index (χ2v) is 5.60. The van der Waals surface area contributed by atoms with E-state index in [4.69, 9.17) is 14.2 Å². The van der Waals surface area contributed by atoms with Gasteiger partial charge in [0.1, 0.15) is 11.5 Å². The van der Waals surface area contributed by atoms with Crippen LogP contribution in [0.25, 0.3) is 0 Å². The minimum Gasteiger partial charge on any atom is -0.495 e. The largest absolute Gasteiger partial charge is 0.495 e. The van der Waals surface area contributed by atoms with Gasteiger partial charge in [0.25, 0.3) is 5.91 Å². The lowest BCUT2D eigenvalue weighted by atomic mass is 10.2. The number of nitrogens with one attached hydrogen (secondary N) is 1. The van der Waals surface area contributed by atoms with E-state index in [1.54, 1.807) is 36.4 Å². The molecular formula is C20H23NO5. The van der Waals surface area contributed by atoms with Gasteiger partial charge >= 0.3 is 5.97 Å². The molecular weight excluding hydrogens is 334 g/mol. The van der Waals surface area contributed by atoms with E-state index in [2.05, 4.69) is 5.32 Å². The van der Waals surface area contributed by atoms with Crippen LogP contribution in [0.2, 0.25) is 0 Å². The fourth-order valence-electron chi connectivity index (χ4n) is 2.25. The Morgan fingerprint density at radius 1 is 1.04 bits per heavy atom. The van der Waals surface area contributed by atoms with Crippen LogP contribution in [0.15, 0.2) is 54.6 Å². The van der Waals surface area contributed by atoms with E-state index >= 15 is 0 Å². The topological polar surface area (TPSA) is 73.9 Å². The average Bonchev–Trinajstić information content (AvgIpc) is 2.67. The summed E-state index contributed by atoms with van der Waals surface area (Å²) in [5.41, 5.74) is 0.510. The molecule has 2 aromatic rings. The van der Waals surface area contributed by atoms with Crippen LogP contribution in [0.5, 0.6) is 11.5 Å². The highest BCUT2D eigenvalue weighted by atomic mass is 16.6. The Labute approximate surface area is 153 Å². The molecule has 0 aromatic heterocycles. The van der Waals surface area contributed by atoms with Crippen molar-refractivity contribution >= 4 is 17.6 Å². The first-order valence-corrected chi connectivity index (χ1v) is 8.41. The number of para-hydroxylation sites is 3. The number of ether oxygens (including phenoxy) is 3. The SMILES string of the molecule is CC[C@@H](Oc1ccccc1)C(=O)O[C@H](C)C(=O)Nc1ccccc1OC. The maximum absolute atomic E-state index is 12.3. The van der Waals surface area contributed by atoms with Crippen molar-refractivity contribution in [3.63, 3.8) is 0 Å². The number of hydrogen-bond donors (Lipinski definition) is 1. The third-order valence-electron chi connectivity index (χ3n) is 3.68. The minimum absolute atomic E-state index is 0.425. The normalized spacial score (nSPS) is 12.6. The molecule has 0 aliphatic carbocycles. The number of benzene rings is 2. The quantitative estimate of drug-likeness (QED) is 0.733. The van der Waals surface area contributed by atoms with Crippen LogP contribution in [-0.4, -0.2) is 31.2 Å². The van der Waals surface area contributed by atoms with Gasteiger partial charge in [-0.15, -0.1) is 0 Å². The summed E-state index contributed by atoms with van der Waals surface area (Å²) in [7, 11) is 1.52. The Bertz CT molecular complexity index is 732. The fraction of sp³-hybridized carbons (Fsp3) is 0.300. The Balaban J connectivity index is 1.95. The summed E-state index contributed by atoms with van der Waals surface area (Å²) in [6.07, 6.45) is -1.33. The van der Waals surface area contributed by atoms with Gasteiger partial charge in [-0.3, -0.25) is 4.79 Å². The van der Waals surface area contributed by atoms with Gasteiger partial charge in [-0.05, 0) is 37.6 Å². The smallest absolute Gasteiger partial charge is 0.348 e. The molecule has 0 fully saturated rings. The highest BCUT2D eigenvalue weighted by Gasteiger charge is 2.25. The number of carbonyl (C=O) groups is 2. The molecule has 2 rings (SSSR count). The first kappa shape index (κ1) is 19.3. The third kappa shape index (κ3) is 5.24. The van der Waals surface area contributed by atoms with Crippen molar-refractivity contribution in [2.24, 2.45) is 0 Å². The van der Waals surface area contributed by atoms with Gasteiger partial charge in [0, 0.05) is 0 Å². The monoisotopic (exact) mass is 357 g/mol. The molecule has 0 heterocycles. The third-order valence-corrected chi connectivity index (χ3v) is 3.68. The summed E-state index contributed by atoms with van der Waals surface area (Å²) in [6.45, 7) is 3.33. The summed E-state index contributed by atoms with van der Waals surface area (Å²) in [6, 6.07) is 16.0. The van der Waals surface area contributed by atoms with E-state index in [-0.39, 0.29) is 0 Å². The van der Waals surface area contributed by atoms with Crippen LogP contribution in [0.1, 0.15) is 20.3 Å². The first-order valence-electron chi connectivity index (χ1n) is 8.41. The van der Waals surface area contributed by atoms with E-state index in [0.29, 0.717) is 23.6 Å². The molecule has 6 heteroatoms. The lowest BCUT2D eigenvalue weighted by molar-refractivity contribution is -0.160. The molecule has 1 N–H and O–H groups in total. The van der Waals surface area contributed by atoms with Gasteiger partial charge in [-0.2, -0.15) is 0 Å². The van der Waals surface area contributed by atoms with Gasteiger partial charge in [0.15, 0.2) is 12.2 Å². The molecule has 6 nitrogen and oxygen atoms in total. The number of rotatable bonds is 8. The zero-order valence-corrected chi connectivity index (χ0v) is 15.1. The van der Waals surface area contributed by atoms with E-state index in [1.807, 2.05) is 25.1 Å². The zero-order valence-electron chi connectivity index (χ0n) is 15.1. The lowest BCUT2D eigenvalue weighted by Gasteiger charge is -2.19. The van der Waals surface area contributed by atoms with Crippen LogP contribution in [0.3, 0.4) is 0 Å². The Morgan fingerprint density at radius 2 is 1.69 bits per heavy atom. The maximum Gasteiger partial charge on any atom is 0.348 e. The summed E-state index contributed by atoms with van der Waals surface area (Å²) in [4.78, 5) is 24.6. The molecule has 26 heavy (non-hydrogen) atoms. The summed E-state index contributed by atoms with van der Waals surface area (Å²) in [5.74, 6) is 0.0668. The number of carbonyl (C=O) groups excluding carboxylic acids is 2. The molecule has 0 aliphatic heterocycles. The van der Waals surface area contributed by atoms with Crippen molar-refractivity contribution < 1.29 is 23.8 Å². The molecule has 2 atom stereocenters. The van der Waals surface area contributed by atoms with Crippen molar-refractivity contribution in [3.8, 4) is 11.5 Å². The Morgan fingerprint density at radius 3 is 2.35 bits per heavy atom. The highest BCUT2D eigenvalue weighted by Crippen LogP contribution is 2.23. The summed E-state index contributed by atoms with van der Waals surface area (Å²) < 4.78 is 16.1. The average molecular weight is 357 g/mol. The summed E-state index contributed by atoms with van der Waals surface area (Å²) in [5, 5.41) is 2.69. The van der Waals surface area contributed by atoms with E-state index in [9.17, 15) is 9.59 Å². The van der Waals surface area contributed by atoms with Crippen molar-refractivity contribution in [1.82, 2.24) is 0 Å². The molecule has 1 amide bonds. The molecule has 138 valence electrons. The van der Waals surface area contributed by atoms with Gasteiger partial charge in [0.2, 0.25) is 0 Å². The zero-order chi connectivity index (χ0) is 18.9. The maximum atomic E-state index is 12.3. The minimum atomic E-state index is -0.971. The van der Waals surface area contributed by atoms with Gasteiger partial charge in [-0.25, -0.2) is 4.79 Å². The summed E-state index contributed by atoms with van der Waals surface area (Å²) >= 11 is 0. The van der Waals surface area contributed by atoms with E-state index in [0.717, 1.165) is 0 Å². The Kier molecular flexibility index (Phi) is 7.02. The molecule has 0 radical (unpaired) electrons. The van der Waals surface area contributed by atoms with Crippen LogP contribution in [-0.2, 0) is 14.3 Å². The number of esters is 1. The van der Waals surface area contributed by atoms with Crippen LogP contribution >= 0.6 is 0 Å². The van der Waals surface area contributed by atoms with Crippen molar-refractivity contribution in [3.05, 3.63) is 54.6 Å². The fourth-order valence-corrected chi connectivity index (χ4v) is 2.25. The van der Waals surface area contributed by atoms with Gasteiger partial charge in [-0.1, -0.05) is 37.3 Å². The van der Waals surface area contributed by atoms with E-state index in [1.165, 1.54) is 14.0 Å². The van der Waals surface area contributed by atoms with Gasteiger partial charge < -0.3 is 19.5 Å². The predicted molar refractivity (Wildman–Crippen MR) is 98.3 cm³/mol. The Hall–Kier alpha value is -3.02. The van der Waals surface area contributed by atoms with Crippen LogP contribution in [0, 0.1) is 0 Å². The number of amides is 1. The standard InChI is InChI=1S/C20H23NO5/c1-4-17(26-15-10-6-5-7-11-15)20(23)25-14(2)19(22)21-16-12-8-9-13-18(16)24-3/h5-14,17H,4H2,1-3H3,(H,21,22)/t14-,17-/m1/s1. The molecule has 2 aromatic carbocycles. The van der Waals surface area contributed by atoms with Crippen LogP contribution in [0.4, 0.5) is 5.69 Å². The number of methoxy groups -OCH3 is 1. The van der Waals surface area contributed by atoms with Crippen molar-refractivity contribution in [2.45, 2.75) is 32.5 Å². The number of anilines is 1. The molecule has 0 saturated heterocycles. The van der Waals surface area contributed by atoms with Crippen molar-refractivity contribution in [2.75, 3.05) is 12.4 Å².